The summed E-state index contributed by atoms with van der Waals surface area (Å²) in [4.78, 5) is 0. The number of halogens is 1. The molecule has 4 rings (SSSR count). The second-order valence-electron chi connectivity index (χ2n) is 5.97. The predicted molar refractivity (Wildman–Crippen MR) is 81.7 cm³/mol. The summed E-state index contributed by atoms with van der Waals surface area (Å²) in [5.41, 5.74) is 7.51. The first-order valence-electron chi connectivity index (χ1n) is 7.35. The zero-order chi connectivity index (χ0) is 14.7. The molecule has 0 saturated carbocycles. The third kappa shape index (κ3) is 1.60. The maximum atomic E-state index is 13.4. The average molecular weight is 281 g/mol. The van der Waals surface area contributed by atoms with Crippen LogP contribution >= 0.6 is 0 Å². The van der Waals surface area contributed by atoms with Gasteiger partial charge in [-0.25, -0.2) is 13.5 Å². The van der Waals surface area contributed by atoms with Crippen molar-refractivity contribution in [2.75, 3.05) is 0 Å². The van der Waals surface area contributed by atoms with E-state index in [1.165, 1.54) is 28.0 Å². The molecule has 2 aromatic carbocycles. The largest absolute Gasteiger partial charge is 0.289 e. The minimum absolute atomic E-state index is 0.173. The Kier molecular flexibility index (Phi) is 2.49. The van der Waals surface area contributed by atoms with E-state index < -0.39 is 0 Å². The molecule has 0 aliphatic carbocycles. The standard InChI is InChI=1S/C18H18FN2/c1-11-4-7-16-17-14(11)8-9-21(17)18(20(16)3)15-6-5-13(19)10-12(15)2/h4-7,10H,8-9H2,1-3H3/q+1. The highest BCUT2D eigenvalue weighted by Crippen LogP contribution is 2.31. The monoisotopic (exact) mass is 281 g/mol. The fraction of sp³-hybridized carbons (Fsp3) is 0.278. The zero-order valence-corrected chi connectivity index (χ0v) is 12.6. The van der Waals surface area contributed by atoms with Crippen LogP contribution in [0.4, 0.5) is 4.39 Å². The minimum atomic E-state index is -0.173. The normalized spacial score (nSPS) is 13.3. The summed E-state index contributed by atoms with van der Waals surface area (Å²) in [6.45, 7) is 5.16. The number of nitrogens with zero attached hydrogens (tertiary/aromatic N) is 2. The van der Waals surface area contributed by atoms with E-state index in [1.807, 2.05) is 13.0 Å². The third-order valence-corrected chi connectivity index (χ3v) is 4.72. The Hall–Kier alpha value is -2.16. The van der Waals surface area contributed by atoms with Crippen molar-refractivity contribution in [2.24, 2.45) is 7.05 Å². The van der Waals surface area contributed by atoms with Gasteiger partial charge < -0.3 is 0 Å². The van der Waals surface area contributed by atoms with Crippen LogP contribution < -0.4 is 4.57 Å². The van der Waals surface area contributed by atoms with Crippen LogP contribution in [0.25, 0.3) is 22.4 Å². The van der Waals surface area contributed by atoms with Gasteiger partial charge in [0.2, 0.25) is 0 Å². The Morgan fingerprint density at radius 3 is 2.67 bits per heavy atom. The Morgan fingerprint density at radius 1 is 1.10 bits per heavy atom. The first-order valence-corrected chi connectivity index (χ1v) is 7.35. The Labute approximate surface area is 123 Å². The van der Waals surface area contributed by atoms with Crippen LogP contribution in [-0.2, 0) is 20.0 Å². The zero-order valence-electron chi connectivity index (χ0n) is 12.6. The second-order valence-corrected chi connectivity index (χ2v) is 5.97. The van der Waals surface area contributed by atoms with Gasteiger partial charge >= 0.3 is 0 Å². The molecule has 0 unspecified atom stereocenters. The Balaban J connectivity index is 2.10. The van der Waals surface area contributed by atoms with Crippen LogP contribution in [0, 0.1) is 19.7 Å². The highest BCUT2D eigenvalue weighted by Gasteiger charge is 2.31. The van der Waals surface area contributed by atoms with Crippen molar-refractivity contribution < 1.29 is 8.96 Å². The molecule has 3 aromatic rings. The van der Waals surface area contributed by atoms with Crippen molar-refractivity contribution >= 4 is 11.0 Å². The number of aryl methyl sites for hydroxylation is 5. The molecule has 0 amide bonds. The van der Waals surface area contributed by atoms with Crippen molar-refractivity contribution in [3.63, 3.8) is 0 Å². The van der Waals surface area contributed by atoms with Gasteiger partial charge in [-0.05, 0) is 49.2 Å². The van der Waals surface area contributed by atoms with Gasteiger partial charge in [0.25, 0.3) is 5.82 Å². The molecule has 0 radical (unpaired) electrons. The molecule has 0 fully saturated rings. The molecule has 0 saturated heterocycles. The van der Waals surface area contributed by atoms with E-state index in [4.69, 9.17) is 0 Å². The van der Waals surface area contributed by atoms with Crippen molar-refractivity contribution in [1.29, 1.82) is 0 Å². The van der Waals surface area contributed by atoms with Gasteiger partial charge in [0.15, 0.2) is 11.0 Å². The predicted octanol–water partition coefficient (Wildman–Crippen LogP) is 3.44. The molecule has 1 aliphatic heterocycles. The summed E-state index contributed by atoms with van der Waals surface area (Å²) >= 11 is 0. The molecular formula is C18H18FN2+. The van der Waals surface area contributed by atoms with Crippen LogP contribution in [0.3, 0.4) is 0 Å². The van der Waals surface area contributed by atoms with Gasteiger partial charge in [-0.2, -0.15) is 0 Å². The van der Waals surface area contributed by atoms with E-state index in [0.717, 1.165) is 24.1 Å². The second kappa shape index (κ2) is 4.17. The van der Waals surface area contributed by atoms with Gasteiger partial charge in [-0.3, -0.25) is 0 Å². The summed E-state index contributed by atoms with van der Waals surface area (Å²) < 4.78 is 18.0. The topological polar surface area (TPSA) is 8.81 Å². The van der Waals surface area contributed by atoms with Crippen molar-refractivity contribution in [3.8, 4) is 11.4 Å². The lowest BCUT2D eigenvalue weighted by Crippen LogP contribution is -2.33. The van der Waals surface area contributed by atoms with Crippen LogP contribution in [0.15, 0.2) is 30.3 Å². The van der Waals surface area contributed by atoms with Gasteiger partial charge in [0, 0.05) is 12.0 Å². The first-order chi connectivity index (χ1) is 10.1. The highest BCUT2D eigenvalue weighted by atomic mass is 19.1. The van der Waals surface area contributed by atoms with E-state index in [2.05, 4.69) is 35.2 Å². The Morgan fingerprint density at radius 2 is 1.90 bits per heavy atom. The van der Waals surface area contributed by atoms with E-state index in [9.17, 15) is 4.39 Å². The van der Waals surface area contributed by atoms with E-state index in [1.54, 1.807) is 12.1 Å². The van der Waals surface area contributed by atoms with E-state index in [0.29, 0.717) is 0 Å². The molecule has 0 N–H and O–H groups in total. The maximum absolute atomic E-state index is 13.4. The number of hydrogen-bond donors (Lipinski definition) is 0. The summed E-state index contributed by atoms with van der Waals surface area (Å²) in [6, 6.07) is 9.45. The molecular weight excluding hydrogens is 263 g/mol. The lowest BCUT2D eigenvalue weighted by Gasteiger charge is -2.05. The smallest absolute Gasteiger partial charge is 0.226 e. The minimum Gasteiger partial charge on any atom is -0.226 e. The molecule has 21 heavy (non-hydrogen) atoms. The first kappa shape index (κ1) is 12.6. The number of benzene rings is 2. The Bertz CT molecular complexity index is 890. The number of rotatable bonds is 1. The molecule has 2 heterocycles. The van der Waals surface area contributed by atoms with Crippen LogP contribution in [-0.4, -0.2) is 4.57 Å². The summed E-state index contributed by atoms with van der Waals surface area (Å²) in [5, 5.41) is 0. The molecule has 0 bridgehead atoms. The highest BCUT2D eigenvalue weighted by molar-refractivity contribution is 5.81. The number of hydrogen-bond acceptors (Lipinski definition) is 0. The van der Waals surface area contributed by atoms with Crippen molar-refractivity contribution in [3.05, 3.63) is 52.8 Å². The van der Waals surface area contributed by atoms with Gasteiger partial charge in [0.05, 0.1) is 19.2 Å². The maximum Gasteiger partial charge on any atom is 0.289 e. The molecule has 3 heteroatoms. The lowest BCUT2D eigenvalue weighted by atomic mass is 10.1. The third-order valence-electron chi connectivity index (χ3n) is 4.72. The quantitative estimate of drug-likeness (QED) is 0.604. The summed E-state index contributed by atoms with van der Waals surface area (Å²) in [7, 11) is 2.10. The molecule has 2 nitrogen and oxygen atoms in total. The molecule has 1 aliphatic rings. The van der Waals surface area contributed by atoms with Crippen LogP contribution in [0.1, 0.15) is 16.7 Å². The van der Waals surface area contributed by atoms with Crippen molar-refractivity contribution in [1.82, 2.24) is 4.57 Å². The molecule has 1 aromatic heterocycles. The van der Waals surface area contributed by atoms with Gasteiger partial charge in [0.1, 0.15) is 5.82 Å². The summed E-state index contributed by atoms with van der Waals surface area (Å²) in [5.74, 6) is 1.000. The molecule has 0 spiro atoms. The lowest BCUT2D eigenvalue weighted by molar-refractivity contribution is -0.653. The fourth-order valence-corrected chi connectivity index (χ4v) is 3.66. The van der Waals surface area contributed by atoms with Gasteiger partial charge in [-0.15, -0.1) is 0 Å². The van der Waals surface area contributed by atoms with Crippen LogP contribution in [0.2, 0.25) is 0 Å². The number of aromatic nitrogens is 2. The van der Waals surface area contributed by atoms with Crippen molar-refractivity contribution in [2.45, 2.75) is 26.8 Å². The number of imidazole rings is 1. The molecule has 106 valence electrons. The van der Waals surface area contributed by atoms with Crippen LogP contribution in [0.5, 0.6) is 0 Å². The average Bonchev–Trinajstić information content (AvgIpc) is 2.97. The van der Waals surface area contributed by atoms with E-state index >= 15 is 0 Å². The molecule has 0 atom stereocenters. The fourth-order valence-electron chi connectivity index (χ4n) is 3.66. The SMILES string of the molecule is Cc1cc(F)ccc1-c1n(C)c2ccc(C)c3c2[n+]1CC3. The van der Waals surface area contributed by atoms with E-state index in [-0.39, 0.29) is 5.82 Å². The summed E-state index contributed by atoms with van der Waals surface area (Å²) in [6.07, 6.45) is 1.09. The van der Waals surface area contributed by atoms with Gasteiger partial charge in [-0.1, -0.05) is 6.07 Å².